The Morgan fingerprint density at radius 1 is 1.10 bits per heavy atom. The van der Waals surface area contributed by atoms with Crippen LogP contribution in [0.25, 0.3) is 0 Å². The third kappa shape index (κ3) is 7.97. The summed E-state index contributed by atoms with van der Waals surface area (Å²) in [5.41, 5.74) is 2.01. The second-order valence-electron chi connectivity index (χ2n) is 7.26. The fourth-order valence-electron chi connectivity index (χ4n) is 2.87. The van der Waals surface area contributed by atoms with Crippen LogP contribution in [0.2, 0.25) is 0 Å². The van der Waals surface area contributed by atoms with E-state index in [0.717, 1.165) is 30.0 Å². The van der Waals surface area contributed by atoms with Crippen LogP contribution in [0, 0.1) is 5.92 Å². The number of hydrogen-bond acceptors (Lipinski definition) is 4. The summed E-state index contributed by atoms with van der Waals surface area (Å²) in [6.45, 7) is 4.58. The lowest BCUT2D eigenvalue weighted by atomic mass is 10.2. The van der Waals surface area contributed by atoms with E-state index in [-0.39, 0.29) is 28.9 Å². The zero-order valence-corrected chi connectivity index (χ0v) is 21.1. The SMILES string of the molecule is CCNC(=NCc1ccc(S(=O)(=O)NC)cc1)NCc1ccccc1OCC1CC1.I. The molecule has 0 spiro atoms. The van der Waals surface area contributed by atoms with Gasteiger partial charge in [0.2, 0.25) is 10.0 Å². The fraction of sp³-hybridized carbons (Fsp3) is 0.409. The van der Waals surface area contributed by atoms with E-state index in [1.54, 1.807) is 24.3 Å². The van der Waals surface area contributed by atoms with Gasteiger partial charge >= 0.3 is 0 Å². The molecule has 3 rings (SSSR count). The number of halogens is 1. The summed E-state index contributed by atoms with van der Waals surface area (Å²) in [6, 6.07) is 14.8. The number of aliphatic imine (C=N–C) groups is 1. The maximum atomic E-state index is 11.8. The van der Waals surface area contributed by atoms with Gasteiger partial charge in [0.05, 0.1) is 18.0 Å². The summed E-state index contributed by atoms with van der Waals surface area (Å²) in [7, 11) is -2.03. The molecular weight excluding hydrogens is 527 g/mol. The topological polar surface area (TPSA) is 91.8 Å². The molecule has 1 aliphatic carbocycles. The highest BCUT2D eigenvalue weighted by Crippen LogP contribution is 2.30. The predicted octanol–water partition coefficient (Wildman–Crippen LogP) is 3.26. The fourth-order valence-corrected chi connectivity index (χ4v) is 3.60. The van der Waals surface area contributed by atoms with Gasteiger partial charge in [0.15, 0.2) is 5.96 Å². The number of nitrogens with zero attached hydrogens (tertiary/aromatic N) is 1. The van der Waals surface area contributed by atoms with E-state index in [1.807, 2.05) is 25.1 Å². The van der Waals surface area contributed by atoms with Crippen LogP contribution in [-0.2, 0) is 23.1 Å². The highest BCUT2D eigenvalue weighted by atomic mass is 127. The number of para-hydroxylation sites is 1. The second-order valence-corrected chi connectivity index (χ2v) is 9.15. The summed E-state index contributed by atoms with van der Waals surface area (Å²) < 4.78 is 31.9. The quantitative estimate of drug-likeness (QED) is 0.237. The zero-order chi connectivity index (χ0) is 21.4. The van der Waals surface area contributed by atoms with Crippen molar-refractivity contribution in [2.75, 3.05) is 20.2 Å². The molecule has 0 unspecified atom stereocenters. The largest absolute Gasteiger partial charge is 0.493 e. The third-order valence-corrected chi connectivity index (χ3v) is 6.29. The van der Waals surface area contributed by atoms with Crippen molar-refractivity contribution in [3.63, 3.8) is 0 Å². The van der Waals surface area contributed by atoms with Gasteiger partial charge < -0.3 is 15.4 Å². The average Bonchev–Trinajstić information content (AvgIpc) is 3.59. The molecular formula is C22H31IN4O3S. The average molecular weight is 558 g/mol. The summed E-state index contributed by atoms with van der Waals surface area (Å²) >= 11 is 0. The summed E-state index contributed by atoms with van der Waals surface area (Å²) in [5, 5.41) is 6.59. The number of benzene rings is 2. The van der Waals surface area contributed by atoms with Crippen molar-refractivity contribution in [1.29, 1.82) is 0 Å². The molecule has 1 aliphatic rings. The highest BCUT2D eigenvalue weighted by Gasteiger charge is 2.22. The first kappa shape index (κ1) is 25.4. The molecule has 0 amide bonds. The van der Waals surface area contributed by atoms with Crippen molar-refractivity contribution < 1.29 is 13.2 Å². The van der Waals surface area contributed by atoms with Crippen LogP contribution >= 0.6 is 24.0 Å². The van der Waals surface area contributed by atoms with Crippen molar-refractivity contribution in [3.8, 4) is 5.75 Å². The van der Waals surface area contributed by atoms with E-state index in [9.17, 15) is 8.42 Å². The summed E-state index contributed by atoms with van der Waals surface area (Å²) in [5.74, 6) is 2.31. The summed E-state index contributed by atoms with van der Waals surface area (Å²) in [6.07, 6.45) is 2.53. The van der Waals surface area contributed by atoms with Crippen LogP contribution in [0.15, 0.2) is 58.4 Å². The predicted molar refractivity (Wildman–Crippen MR) is 134 cm³/mol. The number of guanidine groups is 1. The van der Waals surface area contributed by atoms with Crippen molar-refractivity contribution in [2.45, 2.75) is 37.8 Å². The first-order valence-corrected chi connectivity index (χ1v) is 11.8. The molecule has 0 heterocycles. The Kier molecular flexibility index (Phi) is 10.0. The van der Waals surface area contributed by atoms with E-state index in [4.69, 9.17) is 4.74 Å². The number of rotatable bonds is 10. The minimum absolute atomic E-state index is 0. The van der Waals surface area contributed by atoms with Crippen LogP contribution in [0.1, 0.15) is 30.9 Å². The van der Waals surface area contributed by atoms with Crippen LogP contribution in [0.5, 0.6) is 5.75 Å². The molecule has 7 nitrogen and oxygen atoms in total. The van der Waals surface area contributed by atoms with Gasteiger partial charge in [-0.1, -0.05) is 30.3 Å². The number of hydrogen-bond donors (Lipinski definition) is 3. The Bertz CT molecular complexity index is 961. The number of nitrogens with one attached hydrogen (secondary N) is 3. The Morgan fingerprint density at radius 2 is 1.81 bits per heavy atom. The Morgan fingerprint density at radius 3 is 2.45 bits per heavy atom. The lowest BCUT2D eigenvalue weighted by Crippen LogP contribution is -2.36. The number of sulfonamides is 1. The van der Waals surface area contributed by atoms with Gasteiger partial charge in [0, 0.05) is 18.7 Å². The Labute approximate surface area is 202 Å². The van der Waals surface area contributed by atoms with Gasteiger partial charge in [0.25, 0.3) is 0 Å². The number of ether oxygens (including phenoxy) is 1. The van der Waals surface area contributed by atoms with Gasteiger partial charge in [-0.2, -0.15) is 0 Å². The monoisotopic (exact) mass is 558 g/mol. The highest BCUT2D eigenvalue weighted by molar-refractivity contribution is 14.0. The molecule has 0 atom stereocenters. The Hall–Kier alpha value is -1.85. The summed E-state index contributed by atoms with van der Waals surface area (Å²) in [4.78, 5) is 4.85. The molecule has 0 aliphatic heterocycles. The Balaban J connectivity index is 0.00000341. The molecule has 3 N–H and O–H groups in total. The van der Waals surface area contributed by atoms with Gasteiger partial charge in [-0.15, -0.1) is 24.0 Å². The minimum Gasteiger partial charge on any atom is -0.493 e. The molecule has 1 fully saturated rings. The normalized spacial score (nSPS) is 13.9. The smallest absolute Gasteiger partial charge is 0.240 e. The van der Waals surface area contributed by atoms with E-state index in [2.05, 4.69) is 26.4 Å². The molecule has 2 aromatic rings. The van der Waals surface area contributed by atoms with E-state index in [1.165, 1.54) is 19.9 Å². The molecule has 0 saturated heterocycles. The second kappa shape index (κ2) is 12.3. The molecule has 9 heteroatoms. The maximum absolute atomic E-state index is 11.8. The van der Waals surface area contributed by atoms with Gasteiger partial charge in [-0.25, -0.2) is 18.1 Å². The van der Waals surface area contributed by atoms with Gasteiger partial charge in [-0.05, 0) is 56.5 Å². The molecule has 0 radical (unpaired) electrons. The molecule has 1 saturated carbocycles. The molecule has 170 valence electrons. The van der Waals surface area contributed by atoms with Crippen LogP contribution in [0.4, 0.5) is 0 Å². The van der Waals surface area contributed by atoms with E-state index < -0.39 is 10.0 Å². The van der Waals surface area contributed by atoms with Crippen molar-refractivity contribution in [3.05, 3.63) is 59.7 Å². The van der Waals surface area contributed by atoms with Crippen LogP contribution in [0.3, 0.4) is 0 Å². The lowest BCUT2D eigenvalue weighted by molar-refractivity contribution is 0.296. The maximum Gasteiger partial charge on any atom is 0.240 e. The zero-order valence-electron chi connectivity index (χ0n) is 17.9. The van der Waals surface area contributed by atoms with Gasteiger partial charge in [-0.3, -0.25) is 0 Å². The lowest BCUT2D eigenvalue weighted by Gasteiger charge is -2.14. The molecule has 31 heavy (non-hydrogen) atoms. The first-order valence-electron chi connectivity index (χ1n) is 10.3. The van der Waals surface area contributed by atoms with E-state index in [0.29, 0.717) is 25.0 Å². The van der Waals surface area contributed by atoms with Crippen molar-refractivity contribution >= 4 is 40.0 Å². The van der Waals surface area contributed by atoms with Crippen molar-refractivity contribution in [2.24, 2.45) is 10.9 Å². The molecule has 0 aromatic heterocycles. The van der Waals surface area contributed by atoms with Gasteiger partial charge in [0.1, 0.15) is 5.75 Å². The van der Waals surface area contributed by atoms with Crippen LogP contribution in [-0.4, -0.2) is 34.6 Å². The standard InChI is InChI=1S/C22H30N4O3S.HI/c1-3-24-22(25-14-17-10-12-20(13-11-17)30(27,28)23-2)26-15-19-6-4-5-7-21(19)29-16-18-8-9-18;/h4-7,10-13,18,23H,3,8-9,14-16H2,1-2H3,(H2,24,25,26);1H. The van der Waals surface area contributed by atoms with Crippen molar-refractivity contribution in [1.82, 2.24) is 15.4 Å². The first-order chi connectivity index (χ1) is 14.5. The molecule has 2 aromatic carbocycles. The third-order valence-electron chi connectivity index (χ3n) is 4.86. The molecule has 0 bridgehead atoms. The van der Waals surface area contributed by atoms with Crippen LogP contribution < -0.4 is 20.1 Å². The van der Waals surface area contributed by atoms with E-state index >= 15 is 0 Å². The minimum atomic E-state index is -3.43.